The lowest BCUT2D eigenvalue weighted by Gasteiger charge is -2.18. The molecule has 160 valence electrons. The Balaban J connectivity index is 1.55. The van der Waals surface area contributed by atoms with Crippen LogP contribution < -0.4 is 26.5 Å². The molecule has 2 aromatic heterocycles. The second kappa shape index (κ2) is 7.66. The molecule has 0 radical (unpaired) electrons. The molecule has 2 aromatic carbocycles. The zero-order chi connectivity index (χ0) is 22.4. The van der Waals surface area contributed by atoms with Crippen molar-refractivity contribution < 1.29 is 9.53 Å². The molecule has 1 aliphatic rings. The summed E-state index contributed by atoms with van der Waals surface area (Å²) in [7, 11) is 0. The van der Waals surface area contributed by atoms with Crippen molar-refractivity contribution in [2.75, 3.05) is 17.2 Å². The molecular weight excluding hydrogens is 457 g/mol. The average Bonchev–Trinajstić information content (AvgIpc) is 2.75. The third-order valence-corrected chi connectivity index (χ3v) is 5.34. The van der Waals surface area contributed by atoms with Crippen LogP contribution in [0, 0.1) is 5.41 Å². The van der Waals surface area contributed by atoms with Crippen LogP contribution in [0.1, 0.15) is 0 Å². The Morgan fingerprint density at radius 2 is 1.94 bits per heavy atom. The third-order valence-electron chi connectivity index (χ3n) is 4.73. The van der Waals surface area contributed by atoms with E-state index in [0.717, 1.165) is 4.57 Å². The average molecular weight is 470 g/mol. The van der Waals surface area contributed by atoms with Gasteiger partial charge in [0.2, 0.25) is 5.95 Å². The molecule has 0 fully saturated rings. The number of fused-ring (bicyclic) bond motifs is 2. The molecule has 0 atom stereocenters. The molecule has 4 N–H and O–H groups in total. The monoisotopic (exact) mass is 469 g/mol. The fraction of sp³-hybridized carbons (Fsp3) is 0.0500. The maximum absolute atomic E-state index is 12.8. The van der Waals surface area contributed by atoms with Gasteiger partial charge >= 0.3 is 5.69 Å². The van der Waals surface area contributed by atoms with Crippen LogP contribution in [0.25, 0.3) is 16.7 Å². The molecule has 0 unspecified atom stereocenters. The molecule has 32 heavy (non-hydrogen) atoms. The van der Waals surface area contributed by atoms with Gasteiger partial charge in [-0.1, -0.05) is 29.3 Å². The molecule has 0 bridgehead atoms. The van der Waals surface area contributed by atoms with E-state index in [1.807, 2.05) is 0 Å². The van der Waals surface area contributed by atoms with Gasteiger partial charge in [-0.15, -0.1) is 0 Å². The first-order valence-corrected chi connectivity index (χ1v) is 10.0. The van der Waals surface area contributed by atoms with E-state index >= 15 is 0 Å². The van der Waals surface area contributed by atoms with Crippen molar-refractivity contribution in [1.82, 2.24) is 19.5 Å². The maximum atomic E-state index is 12.8. The van der Waals surface area contributed by atoms with Gasteiger partial charge in [0.05, 0.1) is 26.8 Å². The number of aromatic nitrogens is 4. The van der Waals surface area contributed by atoms with Crippen LogP contribution in [0.3, 0.4) is 0 Å². The van der Waals surface area contributed by atoms with Crippen LogP contribution >= 0.6 is 23.2 Å². The topological polar surface area (TPSA) is 138 Å². The fourth-order valence-corrected chi connectivity index (χ4v) is 3.86. The number of carbonyl (C=O) groups is 1. The largest absolute Gasteiger partial charge is 0.482 e. The number of hydrogen-bond donors (Lipinski definition) is 4. The van der Waals surface area contributed by atoms with Gasteiger partial charge in [0, 0.05) is 11.9 Å². The number of nitrogens with one attached hydrogen (secondary N) is 4. The number of carbonyl (C=O) groups excluding carboxylic acids is 1. The summed E-state index contributed by atoms with van der Waals surface area (Å²) in [6.07, 6.45) is 1.41. The molecule has 0 saturated heterocycles. The minimum Gasteiger partial charge on any atom is -0.482 e. The highest BCUT2D eigenvalue weighted by molar-refractivity contribution is 6.37. The highest BCUT2D eigenvalue weighted by atomic mass is 35.5. The SMILES string of the molecule is N=c1c2cnc(Nc3ccc4c(c3)NC(=O)CO4)nc2[nH]c(=O)n1-c1c(Cl)cccc1Cl. The number of benzene rings is 2. The number of hydrogen-bond acceptors (Lipinski definition) is 7. The molecule has 5 rings (SSSR count). The summed E-state index contributed by atoms with van der Waals surface area (Å²) >= 11 is 12.4. The number of nitrogens with zero attached hydrogens (tertiary/aromatic N) is 3. The molecule has 0 spiro atoms. The van der Waals surface area contributed by atoms with E-state index in [9.17, 15) is 9.59 Å². The molecule has 1 amide bonds. The second-order valence-corrected chi connectivity index (χ2v) is 7.63. The normalized spacial score (nSPS) is 12.8. The van der Waals surface area contributed by atoms with E-state index in [1.165, 1.54) is 6.20 Å². The lowest BCUT2D eigenvalue weighted by Crippen LogP contribution is -2.34. The van der Waals surface area contributed by atoms with E-state index in [1.54, 1.807) is 36.4 Å². The number of anilines is 3. The summed E-state index contributed by atoms with van der Waals surface area (Å²) in [6, 6.07) is 9.92. The van der Waals surface area contributed by atoms with Gasteiger partial charge in [0.1, 0.15) is 11.2 Å². The lowest BCUT2D eigenvalue weighted by molar-refractivity contribution is -0.118. The summed E-state index contributed by atoms with van der Waals surface area (Å²) in [6.45, 7) is -0.0320. The number of halogens is 2. The van der Waals surface area contributed by atoms with Crippen LogP contribution in [-0.2, 0) is 4.79 Å². The number of para-hydroxylation sites is 1. The van der Waals surface area contributed by atoms with Crippen LogP contribution in [0.2, 0.25) is 10.0 Å². The Morgan fingerprint density at radius 1 is 1.16 bits per heavy atom. The lowest BCUT2D eigenvalue weighted by atomic mass is 10.2. The first kappa shape index (κ1) is 20.0. The zero-order valence-corrected chi connectivity index (χ0v) is 17.6. The molecular formula is C20H13Cl2N7O3. The van der Waals surface area contributed by atoms with Gasteiger partial charge in [-0.2, -0.15) is 4.98 Å². The number of rotatable bonds is 3. The minimum absolute atomic E-state index is 0.0320. The summed E-state index contributed by atoms with van der Waals surface area (Å²) in [5.74, 6) is 0.494. The molecule has 12 heteroatoms. The maximum Gasteiger partial charge on any atom is 0.333 e. The number of ether oxygens (including phenoxy) is 1. The summed E-state index contributed by atoms with van der Waals surface area (Å²) in [5.41, 5.74) is 0.675. The molecule has 0 aliphatic carbocycles. The predicted molar refractivity (Wildman–Crippen MR) is 119 cm³/mol. The Kier molecular flexibility index (Phi) is 4.80. The minimum atomic E-state index is -0.629. The van der Waals surface area contributed by atoms with Crippen LogP contribution in [0.5, 0.6) is 5.75 Å². The quantitative estimate of drug-likeness (QED) is 0.363. The van der Waals surface area contributed by atoms with Crippen molar-refractivity contribution >= 4 is 57.5 Å². The van der Waals surface area contributed by atoms with Crippen molar-refractivity contribution in [3.8, 4) is 11.4 Å². The number of H-pyrrole nitrogens is 1. The van der Waals surface area contributed by atoms with Crippen LogP contribution in [-0.4, -0.2) is 32.0 Å². The van der Waals surface area contributed by atoms with E-state index in [4.69, 9.17) is 33.3 Å². The first-order chi connectivity index (χ1) is 15.4. The van der Waals surface area contributed by atoms with Crippen molar-refractivity contribution in [3.05, 3.63) is 68.6 Å². The molecule has 3 heterocycles. The summed E-state index contributed by atoms with van der Waals surface area (Å²) < 4.78 is 6.40. The fourth-order valence-electron chi connectivity index (χ4n) is 3.30. The van der Waals surface area contributed by atoms with Crippen LogP contribution in [0.15, 0.2) is 47.4 Å². The van der Waals surface area contributed by atoms with Crippen molar-refractivity contribution in [2.45, 2.75) is 0 Å². The molecule has 1 aliphatic heterocycles. The Bertz CT molecular complexity index is 1510. The van der Waals surface area contributed by atoms with Gasteiger partial charge in [-0.3, -0.25) is 15.2 Å². The standard InChI is InChI=1S/C20H13Cl2N7O3/c21-11-2-1-3-12(22)16(11)29-17(23)10-7-24-19(27-18(10)28-20(29)31)25-9-4-5-14-13(6-9)26-15(30)8-32-14/h1-7,23H,8H2,(H,26,30)(H2,24,25,27,28,31). The van der Waals surface area contributed by atoms with E-state index in [-0.39, 0.29) is 50.7 Å². The molecule has 10 nitrogen and oxygen atoms in total. The highest BCUT2D eigenvalue weighted by Gasteiger charge is 2.17. The third kappa shape index (κ3) is 3.45. The smallest absolute Gasteiger partial charge is 0.333 e. The Hall–Kier alpha value is -3.89. The number of amides is 1. The highest BCUT2D eigenvalue weighted by Crippen LogP contribution is 2.31. The van der Waals surface area contributed by atoms with E-state index in [0.29, 0.717) is 17.1 Å². The summed E-state index contributed by atoms with van der Waals surface area (Å²) in [5, 5.41) is 15.0. The first-order valence-electron chi connectivity index (χ1n) is 9.25. The van der Waals surface area contributed by atoms with Gasteiger partial charge in [-0.05, 0) is 30.3 Å². The van der Waals surface area contributed by atoms with Gasteiger partial charge in [-0.25, -0.2) is 14.3 Å². The van der Waals surface area contributed by atoms with Gasteiger partial charge in [0.25, 0.3) is 5.91 Å². The van der Waals surface area contributed by atoms with Crippen molar-refractivity contribution in [1.29, 1.82) is 5.41 Å². The van der Waals surface area contributed by atoms with E-state index < -0.39 is 5.69 Å². The van der Waals surface area contributed by atoms with Crippen LogP contribution in [0.4, 0.5) is 17.3 Å². The molecule has 0 saturated carbocycles. The van der Waals surface area contributed by atoms with Crippen molar-refractivity contribution in [2.24, 2.45) is 0 Å². The summed E-state index contributed by atoms with van der Waals surface area (Å²) in [4.78, 5) is 35.5. The molecule has 4 aromatic rings. The van der Waals surface area contributed by atoms with Crippen molar-refractivity contribution in [3.63, 3.8) is 0 Å². The predicted octanol–water partition coefficient (Wildman–Crippen LogP) is 2.97. The van der Waals surface area contributed by atoms with Gasteiger partial charge < -0.3 is 15.4 Å². The zero-order valence-electron chi connectivity index (χ0n) is 16.1. The van der Waals surface area contributed by atoms with Gasteiger partial charge in [0.15, 0.2) is 12.3 Å². The Morgan fingerprint density at radius 3 is 2.72 bits per heavy atom. The Labute approximate surface area is 189 Å². The second-order valence-electron chi connectivity index (χ2n) is 6.81. The van der Waals surface area contributed by atoms with E-state index in [2.05, 4.69) is 25.6 Å². The number of aromatic amines is 1.